The molecule has 8 aromatic carbocycles. The minimum atomic E-state index is -0.101. The van der Waals surface area contributed by atoms with Crippen LogP contribution in [0.2, 0.25) is 0 Å². The van der Waals surface area contributed by atoms with Crippen LogP contribution in [-0.2, 0) is 10.8 Å². The van der Waals surface area contributed by atoms with Crippen molar-refractivity contribution in [1.82, 2.24) is 4.57 Å². The molecule has 0 fully saturated rings. The van der Waals surface area contributed by atoms with Crippen molar-refractivity contribution in [2.75, 3.05) is 4.90 Å². The van der Waals surface area contributed by atoms with Gasteiger partial charge in [-0.2, -0.15) is 0 Å². The maximum atomic E-state index is 2.46. The molecule has 0 spiro atoms. The highest BCUT2D eigenvalue weighted by molar-refractivity contribution is 6.15. The van der Waals surface area contributed by atoms with E-state index in [1.807, 2.05) is 0 Å². The smallest absolute Gasteiger partial charge is 0.0547 e. The number of nitrogens with zero attached hydrogens (tertiary/aromatic N) is 2. The van der Waals surface area contributed by atoms with Crippen LogP contribution in [0.15, 0.2) is 182 Å². The summed E-state index contributed by atoms with van der Waals surface area (Å²) >= 11 is 0. The van der Waals surface area contributed by atoms with Crippen LogP contribution >= 0.6 is 0 Å². The molecule has 2 aliphatic carbocycles. The molecule has 0 radical (unpaired) electrons. The van der Waals surface area contributed by atoms with Gasteiger partial charge in [0.15, 0.2) is 0 Å². The summed E-state index contributed by atoms with van der Waals surface area (Å²) in [5, 5.41) is 2.53. The van der Waals surface area contributed by atoms with Gasteiger partial charge in [-0.15, -0.1) is 0 Å². The third-order valence-electron chi connectivity index (χ3n) is 12.8. The summed E-state index contributed by atoms with van der Waals surface area (Å²) < 4.78 is 2.39. The first-order valence-electron chi connectivity index (χ1n) is 19.8. The molecule has 0 saturated carbocycles. The molecular weight excluding hydrogens is 677 g/mol. The van der Waals surface area contributed by atoms with Crippen molar-refractivity contribution in [3.05, 3.63) is 204 Å². The topological polar surface area (TPSA) is 8.17 Å². The number of hydrogen-bond acceptors (Lipinski definition) is 1. The van der Waals surface area contributed by atoms with Gasteiger partial charge in [0.2, 0.25) is 0 Å². The largest absolute Gasteiger partial charge is 0.310 e. The summed E-state index contributed by atoms with van der Waals surface area (Å²) in [4.78, 5) is 2.46. The second-order valence-electron chi connectivity index (χ2n) is 16.6. The number of fused-ring (bicyclic) bond motifs is 9. The Morgan fingerprint density at radius 3 is 1.68 bits per heavy atom. The highest BCUT2D eigenvalue weighted by atomic mass is 15.1. The summed E-state index contributed by atoms with van der Waals surface area (Å²) in [5.74, 6) is 0. The van der Waals surface area contributed by atoms with Crippen molar-refractivity contribution in [3.8, 4) is 39.1 Å². The lowest BCUT2D eigenvalue weighted by molar-refractivity contribution is 0.660. The van der Waals surface area contributed by atoms with Crippen molar-refractivity contribution in [2.45, 2.75) is 38.5 Å². The zero-order valence-electron chi connectivity index (χ0n) is 32.2. The normalized spacial score (nSPS) is 14.4. The van der Waals surface area contributed by atoms with Crippen LogP contribution in [0.4, 0.5) is 17.1 Å². The highest BCUT2D eigenvalue weighted by Crippen LogP contribution is 2.53. The Hall–Kier alpha value is -6.64. The van der Waals surface area contributed by atoms with Crippen molar-refractivity contribution >= 4 is 38.9 Å². The Morgan fingerprint density at radius 1 is 0.375 bits per heavy atom. The number of para-hydroxylation sites is 2. The SMILES string of the molecule is CC1(C)c2ccccc2-c2cc(N(c3ccc(-c4cccc5c4c4ccccc4n5-c4ccccc4)cc3)c3ccc4c(c3)C(C)(C)c3ccccc3-4)ccc21. The summed E-state index contributed by atoms with van der Waals surface area (Å²) in [6, 6.07) is 67.5. The highest BCUT2D eigenvalue weighted by Gasteiger charge is 2.37. The maximum Gasteiger partial charge on any atom is 0.0547 e. The summed E-state index contributed by atoms with van der Waals surface area (Å²) in [6.45, 7) is 9.44. The second-order valence-corrected chi connectivity index (χ2v) is 16.6. The van der Waals surface area contributed by atoms with Gasteiger partial charge in [-0.3, -0.25) is 0 Å². The molecule has 0 bridgehead atoms. The van der Waals surface area contributed by atoms with E-state index in [1.54, 1.807) is 0 Å². The van der Waals surface area contributed by atoms with Crippen LogP contribution in [-0.4, -0.2) is 4.57 Å². The van der Waals surface area contributed by atoms with Crippen molar-refractivity contribution in [3.63, 3.8) is 0 Å². The molecule has 0 N–H and O–H groups in total. The monoisotopic (exact) mass is 718 g/mol. The number of hydrogen-bond donors (Lipinski definition) is 0. The zero-order chi connectivity index (χ0) is 37.8. The first-order chi connectivity index (χ1) is 27.3. The van der Waals surface area contributed by atoms with E-state index in [0.717, 1.165) is 17.1 Å². The maximum absolute atomic E-state index is 2.46. The van der Waals surface area contributed by atoms with Crippen molar-refractivity contribution in [1.29, 1.82) is 0 Å². The van der Waals surface area contributed by atoms with Crippen LogP contribution in [0.25, 0.3) is 60.9 Å². The van der Waals surface area contributed by atoms with E-state index in [2.05, 4.69) is 219 Å². The number of aromatic nitrogens is 1. The average Bonchev–Trinajstić information content (AvgIpc) is 3.78. The van der Waals surface area contributed by atoms with E-state index >= 15 is 0 Å². The second kappa shape index (κ2) is 11.9. The van der Waals surface area contributed by atoms with Gasteiger partial charge in [-0.05, 0) is 116 Å². The molecule has 2 heteroatoms. The fourth-order valence-corrected chi connectivity index (χ4v) is 10.0. The Kier molecular flexibility index (Phi) is 6.98. The van der Waals surface area contributed by atoms with Crippen LogP contribution in [0.5, 0.6) is 0 Å². The Balaban J connectivity index is 1.08. The van der Waals surface area contributed by atoms with Gasteiger partial charge < -0.3 is 9.47 Å². The minimum absolute atomic E-state index is 0.0506. The van der Waals surface area contributed by atoms with Crippen molar-refractivity contribution in [2.24, 2.45) is 0 Å². The van der Waals surface area contributed by atoms with Gasteiger partial charge in [0.05, 0.1) is 11.0 Å². The van der Waals surface area contributed by atoms with E-state index in [-0.39, 0.29) is 10.8 Å². The first-order valence-corrected chi connectivity index (χ1v) is 19.8. The fourth-order valence-electron chi connectivity index (χ4n) is 10.0. The molecule has 268 valence electrons. The van der Waals surface area contributed by atoms with Crippen LogP contribution in [0, 0.1) is 0 Å². The van der Waals surface area contributed by atoms with Gasteiger partial charge in [-0.1, -0.05) is 149 Å². The lowest BCUT2D eigenvalue weighted by Crippen LogP contribution is -2.17. The lowest BCUT2D eigenvalue weighted by Gasteiger charge is -2.29. The molecule has 9 aromatic rings. The predicted molar refractivity (Wildman–Crippen MR) is 236 cm³/mol. The lowest BCUT2D eigenvalue weighted by atomic mass is 9.82. The third-order valence-corrected chi connectivity index (χ3v) is 12.8. The summed E-state index contributed by atoms with van der Waals surface area (Å²) in [7, 11) is 0. The fraction of sp³-hybridized carbons (Fsp3) is 0.111. The van der Waals surface area contributed by atoms with Gasteiger partial charge in [0, 0.05) is 44.4 Å². The zero-order valence-corrected chi connectivity index (χ0v) is 32.2. The molecule has 2 nitrogen and oxygen atoms in total. The van der Waals surface area contributed by atoms with Crippen LogP contribution < -0.4 is 4.90 Å². The summed E-state index contributed by atoms with van der Waals surface area (Å²) in [6.07, 6.45) is 0. The summed E-state index contributed by atoms with van der Waals surface area (Å²) in [5.41, 5.74) is 20.2. The Morgan fingerprint density at radius 2 is 0.911 bits per heavy atom. The van der Waals surface area contributed by atoms with Gasteiger partial charge in [-0.25, -0.2) is 0 Å². The molecule has 11 rings (SSSR count). The van der Waals surface area contributed by atoms with E-state index < -0.39 is 0 Å². The quantitative estimate of drug-likeness (QED) is 0.172. The van der Waals surface area contributed by atoms with Gasteiger partial charge in [0.1, 0.15) is 0 Å². The van der Waals surface area contributed by atoms with E-state index in [4.69, 9.17) is 0 Å². The molecule has 0 unspecified atom stereocenters. The molecule has 1 heterocycles. The molecule has 0 atom stereocenters. The minimum Gasteiger partial charge on any atom is -0.310 e. The molecule has 0 aliphatic heterocycles. The molecule has 0 saturated heterocycles. The average molecular weight is 719 g/mol. The van der Waals surface area contributed by atoms with E-state index in [0.29, 0.717) is 0 Å². The molecule has 2 aliphatic rings. The number of rotatable bonds is 5. The Labute approximate surface area is 328 Å². The molecular formula is C54H42N2. The predicted octanol–water partition coefficient (Wildman–Crippen LogP) is 14.5. The van der Waals surface area contributed by atoms with E-state index in [1.165, 1.54) is 83.1 Å². The molecule has 1 aromatic heterocycles. The third kappa shape index (κ3) is 4.62. The molecule has 56 heavy (non-hydrogen) atoms. The van der Waals surface area contributed by atoms with Gasteiger partial charge in [0.25, 0.3) is 0 Å². The Bertz CT molecular complexity index is 3020. The first kappa shape index (κ1) is 32.8. The van der Waals surface area contributed by atoms with Crippen LogP contribution in [0.3, 0.4) is 0 Å². The number of anilines is 3. The van der Waals surface area contributed by atoms with Crippen LogP contribution in [0.1, 0.15) is 49.9 Å². The number of benzene rings is 8. The van der Waals surface area contributed by atoms with Gasteiger partial charge >= 0.3 is 0 Å². The molecule has 0 amide bonds. The van der Waals surface area contributed by atoms with Crippen molar-refractivity contribution < 1.29 is 0 Å². The van der Waals surface area contributed by atoms with E-state index in [9.17, 15) is 0 Å². The standard InChI is InChI=1S/C54H42N2/c1-53(2)47-22-12-9-18-42(47)45-33-38(30-32-48(45)53)55(39-29-31-43-41-17-8-11-21-46(41)54(3,4)49(43)34-39)37-27-25-35(26-28-37)40-20-14-24-51-52(40)44-19-10-13-23-50(44)56(51)36-15-6-5-7-16-36/h5-34H,1-4H3.